The molecule has 0 radical (unpaired) electrons. The number of rotatable bonds is 5. The summed E-state index contributed by atoms with van der Waals surface area (Å²) in [6, 6.07) is 5.08. The third-order valence-electron chi connectivity index (χ3n) is 2.29. The van der Waals surface area contributed by atoms with E-state index in [1.165, 1.54) is 7.11 Å². The maximum absolute atomic E-state index is 12.0. The summed E-state index contributed by atoms with van der Waals surface area (Å²) in [4.78, 5) is 12.0. The molecular formula is C14H22N2O3. The van der Waals surface area contributed by atoms with E-state index in [0.717, 1.165) is 0 Å². The van der Waals surface area contributed by atoms with E-state index in [2.05, 4.69) is 5.32 Å². The van der Waals surface area contributed by atoms with E-state index in [1.54, 1.807) is 18.2 Å². The van der Waals surface area contributed by atoms with E-state index < -0.39 is 0 Å². The molecule has 0 bridgehead atoms. The molecule has 19 heavy (non-hydrogen) atoms. The summed E-state index contributed by atoms with van der Waals surface area (Å²) in [6.07, 6.45) is 0. The maximum Gasteiger partial charge on any atom is 0.251 e. The van der Waals surface area contributed by atoms with Crippen molar-refractivity contribution >= 4 is 5.91 Å². The highest BCUT2D eigenvalue weighted by atomic mass is 16.5. The minimum Gasteiger partial charge on any atom is -0.493 e. The molecule has 0 unspecified atom stereocenters. The molecular weight excluding hydrogens is 244 g/mol. The highest BCUT2D eigenvalue weighted by molar-refractivity contribution is 5.95. The molecule has 5 nitrogen and oxygen atoms in total. The van der Waals surface area contributed by atoms with Gasteiger partial charge in [-0.05, 0) is 39.0 Å². The van der Waals surface area contributed by atoms with Crippen LogP contribution in [0.5, 0.6) is 11.5 Å². The standard InChI is InChI=1S/C14H22N2O3/c1-14(2,3)16-13(17)10-5-6-11(19-8-7-15)12(9-10)18-4/h5-6,9H,7-8,15H2,1-4H3,(H,16,17). The lowest BCUT2D eigenvalue weighted by Gasteiger charge is -2.21. The van der Waals surface area contributed by atoms with Crippen LogP contribution in [-0.4, -0.2) is 31.7 Å². The number of hydrogen-bond acceptors (Lipinski definition) is 4. The van der Waals surface area contributed by atoms with Gasteiger partial charge in [-0.15, -0.1) is 0 Å². The van der Waals surface area contributed by atoms with Crippen molar-refractivity contribution < 1.29 is 14.3 Å². The van der Waals surface area contributed by atoms with Gasteiger partial charge < -0.3 is 20.5 Å². The third kappa shape index (κ3) is 4.79. The molecule has 3 N–H and O–H groups in total. The quantitative estimate of drug-likeness (QED) is 0.848. The first-order valence-corrected chi connectivity index (χ1v) is 6.21. The van der Waals surface area contributed by atoms with Crippen molar-refractivity contribution in [1.29, 1.82) is 0 Å². The first-order chi connectivity index (χ1) is 8.87. The fourth-order valence-electron chi connectivity index (χ4n) is 1.51. The number of benzene rings is 1. The Morgan fingerprint density at radius 2 is 2.00 bits per heavy atom. The lowest BCUT2D eigenvalue weighted by atomic mass is 10.1. The Hall–Kier alpha value is -1.75. The van der Waals surface area contributed by atoms with E-state index in [0.29, 0.717) is 30.2 Å². The van der Waals surface area contributed by atoms with Gasteiger partial charge in [0.25, 0.3) is 5.91 Å². The van der Waals surface area contributed by atoms with E-state index in [1.807, 2.05) is 20.8 Å². The molecule has 0 aliphatic carbocycles. The monoisotopic (exact) mass is 266 g/mol. The van der Waals surface area contributed by atoms with Crippen LogP contribution in [0.15, 0.2) is 18.2 Å². The van der Waals surface area contributed by atoms with Crippen molar-refractivity contribution in [2.75, 3.05) is 20.3 Å². The molecule has 0 aromatic heterocycles. The number of ether oxygens (including phenoxy) is 2. The second-order valence-corrected chi connectivity index (χ2v) is 5.21. The van der Waals surface area contributed by atoms with E-state index in [9.17, 15) is 4.79 Å². The molecule has 0 aliphatic heterocycles. The van der Waals surface area contributed by atoms with Crippen LogP contribution in [0.25, 0.3) is 0 Å². The van der Waals surface area contributed by atoms with Gasteiger partial charge in [0.15, 0.2) is 11.5 Å². The molecule has 1 amide bonds. The van der Waals surface area contributed by atoms with Gasteiger partial charge in [-0.1, -0.05) is 0 Å². The SMILES string of the molecule is COc1cc(C(=O)NC(C)(C)C)ccc1OCCN. The predicted molar refractivity (Wildman–Crippen MR) is 74.8 cm³/mol. The molecule has 0 fully saturated rings. The Morgan fingerprint density at radius 3 is 2.53 bits per heavy atom. The zero-order chi connectivity index (χ0) is 14.5. The van der Waals surface area contributed by atoms with Gasteiger partial charge in [0.2, 0.25) is 0 Å². The molecule has 1 rings (SSSR count). The first kappa shape index (κ1) is 15.3. The number of nitrogens with one attached hydrogen (secondary N) is 1. The molecule has 0 spiro atoms. The van der Waals surface area contributed by atoms with E-state index >= 15 is 0 Å². The van der Waals surface area contributed by atoms with Crippen molar-refractivity contribution in [1.82, 2.24) is 5.32 Å². The maximum atomic E-state index is 12.0. The van der Waals surface area contributed by atoms with Crippen molar-refractivity contribution in [2.24, 2.45) is 5.73 Å². The van der Waals surface area contributed by atoms with Crippen LogP contribution in [0.3, 0.4) is 0 Å². The van der Waals surface area contributed by atoms with Crippen LogP contribution in [0.4, 0.5) is 0 Å². The largest absolute Gasteiger partial charge is 0.493 e. The molecule has 1 aromatic carbocycles. The Bertz CT molecular complexity index is 439. The van der Waals surface area contributed by atoms with Gasteiger partial charge in [-0.3, -0.25) is 4.79 Å². The van der Waals surface area contributed by atoms with E-state index in [-0.39, 0.29) is 11.4 Å². The van der Waals surface area contributed by atoms with Crippen molar-refractivity contribution in [2.45, 2.75) is 26.3 Å². The fraction of sp³-hybridized carbons (Fsp3) is 0.500. The Labute approximate surface area is 114 Å². The Balaban J connectivity index is 2.90. The lowest BCUT2D eigenvalue weighted by Crippen LogP contribution is -2.40. The van der Waals surface area contributed by atoms with Crippen LogP contribution < -0.4 is 20.5 Å². The van der Waals surface area contributed by atoms with Crippen LogP contribution in [0.2, 0.25) is 0 Å². The summed E-state index contributed by atoms with van der Waals surface area (Å²) in [6.45, 7) is 6.63. The van der Waals surface area contributed by atoms with Crippen LogP contribution in [0, 0.1) is 0 Å². The highest BCUT2D eigenvalue weighted by Gasteiger charge is 2.17. The summed E-state index contributed by atoms with van der Waals surface area (Å²) in [7, 11) is 1.54. The second-order valence-electron chi connectivity index (χ2n) is 5.21. The van der Waals surface area contributed by atoms with Gasteiger partial charge in [-0.2, -0.15) is 0 Å². The summed E-state index contributed by atoms with van der Waals surface area (Å²) >= 11 is 0. The molecule has 0 saturated carbocycles. The van der Waals surface area contributed by atoms with Gasteiger partial charge in [0, 0.05) is 17.6 Å². The summed E-state index contributed by atoms with van der Waals surface area (Å²) in [5, 5.41) is 2.89. The average molecular weight is 266 g/mol. The third-order valence-corrected chi connectivity index (χ3v) is 2.29. The van der Waals surface area contributed by atoms with Crippen molar-refractivity contribution in [3.63, 3.8) is 0 Å². The average Bonchev–Trinajstić information content (AvgIpc) is 2.34. The molecule has 0 atom stereocenters. The number of carbonyl (C=O) groups excluding carboxylic acids is 1. The Morgan fingerprint density at radius 1 is 1.32 bits per heavy atom. The highest BCUT2D eigenvalue weighted by Crippen LogP contribution is 2.28. The van der Waals surface area contributed by atoms with Crippen molar-refractivity contribution in [3.05, 3.63) is 23.8 Å². The van der Waals surface area contributed by atoms with Gasteiger partial charge in [0.05, 0.1) is 7.11 Å². The molecule has 0 saturated heterocycles. The van der Waals surface area contributed by atoms with Crippen molar-refractivity contribution in [3.8, 4) is 11.5 Å². The zero-order valence-corrected chi connectivity index (χ0v) is 11.9. The number of amides is 1. The second kappa shape index (κ2) is 6.43. The summed E-state index contributed by atoms with van der Waals surface area (Å²) in [5.74, 6) is 0.964. The molecule has 5 heteroatoms. The summed E-state index contributed by atoms with van der Waals surface area (Å²) < 4.78 is 10.6. The minimum absolute atomic E-state index is 0.142. The first-order valence-electron chi connectivity index (χ1n) is 6.21. The lowest BCUT2D eigenvalue weighted by molar-refractivity contribution is 0.0919. The van der Waals surface area contributed by atoms with Gasteiger partial charge >= 0.3 is 0 Å². The number of hydrogen-bond donors (Lipinski definition) is 2. The van der Waals surface area contributed by atoms with Gasteiger partial charge in [-0.25, -0.2) is 0 Å². The molecule has 0 heterocycles. The fourth-order valence-corrected chi connectivity index (χ4v) is 1.51. The van der Waals surface area contributed by atoms with Crippen LogP contribution in [0.1, 0.15) is 31.1 Å². The number of carbonyl (C=O) groups is 1. The topological polar surface area (TPSA) is 73.6 Å². The summed E-state index contributed by atoms with van der Waals surface area (Å²) in [5.41, 5.74) is 5.64. The van der Waals surface area contributed by atoms with E-state index in [4.69, 9.17) is 15.2 Å². The number of nitrogens with two attached hydrogens (primary N) is 1. The Kier molecular flexibility index (Phi) is 5.18. The van der Waals surface area contributed by atoms with Crippen LogP contribution in [-0.2, 0) is 0 Å². The molecule has 106 valence electrons. The molecule has 1 aromatic rings. The number of methoxy groups -OCH3 is 1. The normalized spacial score (nSPS) is 11.0. The predicted octanol–water partition coefficient (Wildman–Crippen LogP) is 1.56. The van der Waals surface area contributed by atoms with Crippen LogP contribution >= 0.6 is 0 Å². The smallest absolute Gasteiger partial charge is 0.251 e. The zero-order valence-electron chi connectivity index (χ0n) is 11.9. The van der Waals surface area contributed by atoms with Gasteiger partial charge in [0.1, 0.15) is 6.61 Å². The molecule has 0 aliphatic rings. The minimum atomic E-state index is -0.279.